The zero-order chi connectivity index (χ0) is 22.9. The Morgan fingerprint density at radius 3 is 2.78 bits per heavy atom. The van der Waals surface area contributed by atoms with Gasteiger partial charge in [0.2, 0.25) is 11.9 Å². The van der Waals surface area contributed by atoms with Gasteiger partial charge in [-0.25, -0.2) is 19.0 Å². The number of hydrogen-bond acceptors (Lipinski definition) is 6. The van der Waals surface area contributed by atoms with Crippen molar-refractivity contribution in [1.82, 2.24) is 15.0 Å². The van der Waals surface area contributed by atoms with Crippen molar-refractivity contribution in [2.45, 2.75) is 4.90 Å². The van der Waals surface area contributed by atoms with Crippen molar-refractivity contribution in [2.75, 3.05) is 16.9 Å². The van der Waals surface area contributed by atoms with Crippen LogP contribution in [0.3, 0.4) is 0 Å². The number of amides is 1. The molecular formula is C22H19ClN6O2S. The van der Waals surface area contributed by atoms with E-state index in [0.29, 0.717) is 22.1 Å². The highest BCUT2D eigenvalue weighted by Crippen LogP contribution is 2.33. The van der Waals surface area contributed by atoms with Crippen LogP contribution in [0.1, 0.15) is 0 Å². The van der Waals surface area contributed by atoms with Gasteiger partial charge < -0.3 is 15.6 Å². The smallest absolute Gasteiger partial charge is 0.247 e. The van der Waals surface area contributed by atoms with Crippen LogP contribution in [0.15, 0.2) is 72.4 Å². The van der Waals surface area contributed by atoms with Gasteiger partial charge in [-0.1, -0.05) is 36.4 Å². The van der Waals surface area contributed by atoms with E-state index in [-0.39, 0.29) is 10.8 Å². The number of halogens is 1. The standard InChI is InChI=1S/C22H19ClN6O2S/c1-3-20(30)27-19-10-13(32(2,24)31)8-9-18(19)28-22-26-12-16(23)21(29-22)15-11-25-17-7-5-4-6-14(15)17/h3-12,24-25H,1H2,2H3,(H,27,30)(H,26,28,29). The monoisotopic (exact) mass is 466 g/mol. The minimum atomic E-state index is -2.98. The predicted molar refractivity (Wildman–Crippen MR) is 128 cm³/mol. The van der Waals surface area contributed by atoms with Gasteiger partial charge >= 0.3 is 0 Å². The lowest BCUT2D eigenvalue weighted by Gasteiger charge is -2.14. The van der Waals surface area contributed by atoms with Gasteiger partial charge in [-0.05, 0) is 30.3 Å². The quantitative estimate of drug-likeness (QED) is 0.291. The molecule has 0 radical (unpaired) electrons. The van der Waals surface area contributed by atoms with E-state index in [4.69, 9.17) is 16.4 Å². The normalized spacial score (nSPS) is 12.8. The summed E-state index contributed by atoms with van der Waals surface area (Å²) in [5.74, 6) is -0.200. The molecule has 0 aliphatic rings. The Morgan fingerprint density at radius 2 is 2.03 bits per heavy atom. The molecule has 4 N–H and O–H groups in total. The summed E-state index contributed by atoms with van der Waals surface area (Å²) >= 11 is 6.39. The molecular weight excluding hydrogens is 448 g/mol. The summed E-state index contributed by atoms with van der Waals surface area (Å²) in [6.07, 6.45) is 5.75. The van der Waals surface area contributed by atoms with Crippen LogP contribution in [0.25, 0.3) is 22.2 Å². The molecule has 8 nitrogen and oxygen atoms in total. The Balaban J connectivity index is 1.75. The summed E-state index contributed by atoms with van der Waals surface area (Å²) < 4.78 is 20.0. The number of anilines is 3. The molecule has 0 saturated heterocycles. The van der Waals surface area contributed by atoms with Crippen LogP contribution in [-0.2, 0) is 14.5 Å². The number of rotatable bonds is 6. The predicted octanol–water partition coefficient (Wildman–Crippen LogP) is 5.18. The Hall–Kier alpha value is -3.69. The molecule has 0 aliphatic carbocycles. The van der Waals surface area contributed by atoms with Gasteiger partial charge in [-0.3, -0.25) is 4.79 Å². The van der Waals surface area contributed by atoms with Crippen LogP contribution in [0.2, 0.25) is 5.02 Å². The molecule has 0 aliphatic heterocycles. The summed E-state index contributed by atoms with van der Waals surface area (Å²) in [5, 5.41) is 7.07. The van der Waals surface area contributed by atoms with Crippen molar-refractivity contribution in [1.29, 1.82) is 4.78 Å². The minimum Gasteiger partial charge on any atom is -0.360 e. The summed E-state index contributed by atoms with van der Waals surface area (Å²) in [7, 11) is -2.98. The third kappa shape index (κ3) is 4.34. The van der Waals surface area contributed by atoms with Crippen molar-refractivity contribution < 1.29 is 9.00 Å². The van der Waals surface area contributed by atoms with E-state index in [2.05, 4.69) is 32.2 Å². The highest BCUT2D eigenvalue weighted by molar-refractivity contribution is 7.91. The fourth-order valence-corrected chi connectivity index (χ4v) is 4.03. The SMILES string of the molecule is C=CC(=O)Nc1cc(S(C)(=N)=O)ccc1Nc1ncc(Cl)c(-c2c[nH]c3ccccc23)n1. The number of nitrogens with one attached hydrogen (secondary N) is 4. The first-order valence-corrected chi connectivity index (χ1v) is 11.8. The minimum absolute atomic E-state index is 0.250. The number of hydrogen-bond donors (Lipinski definition) is 4. The molecule has 1 atom stereocenters. The number of carbonyl (C=O) groups is 1. The fraction of sp³-hybridized carbons (Fsp3) is 0.0455. The number of benzene rings is 2. The number of para-hydroxylation sites is 1. The Labute approximate surface area is 189 Å². The number of nitrogens with zero attached hydrogens (tertiary/aromatic N) is 2. The molecule has 2 aromatic carbocycles. The van der Waals surface area contributed by atoms with E-state index >= 15 is 0 Å². The third-order valence-corrected chi connectivity index (χ3v) is 6.15. The molecule has 0 fully saturated rings. The van der Waals surface area contributed by atoms with Crippen LogP contribution in [-0.4, -0.2) is 31.3 Å². The summed E-state index contributed by atoms with van der Waals surface area (Å²) in [6, 6.07) is 12.4. The van der Waals surface area contributed by atoms with Crippen LogP contribution >= 0.6 is 11.6 Å². The molecule has 162 valence electrons. The molecule has 1 amide bonds. The lowest BCUT2D eigenvalue weighted by molar-refractivity contribution is -0.111. The van der Waals surface area contributed by atoms with Gasteiger partial charge in [-0.15, -0.1) is 0 Å². The van der Waals surface area contributed by atoms with Crippen LogP contribution in [0.5, 0.6) is 0 Å². The number of aromatic amines is 1. The largest absolute Gasteiger partial charge is 0.360 e. The molecule has 4 aromatic rings. The third-order valence-electron chi connectivity index (χ3n) is 4.72. The van der Waals surface area contributed by atoms with Crippen molar-refractivity contribution in [3.63, 3.8) is 0 Å². The highest BCUT2D eigenvalue weighted by Gasteiger charge is 2.15. The zero-order valence-electron chi connectivity index (χ0n) is 17.0. The second-order valence-electron chi connectivity index (χ2n) is 7.01. The molecule has 0 saturated carbocycles. The van der Waals surface area contributed by atoms with Gasteiger partial charge in [-0.2, -0.15) is 0 Å². The van der Waals surface area contributed by atoms with Gasteiger partial charge in [0.1, 0.15) is 0 Å². The van der Waals surface area contributed by atoms with Gasteiger partial charge in [0.25, 0.3) is 0 Å². The molecule has 2 heterocycles. The lowest BCUT2D eigenvalue weighted by Crippen LogP contribution is -2.11. The molecule has 10 heteroatoms. The Kier molecular flexibility index (Phi) is 5.68. The maximum atomic E-state index is 12.2. The molecule has 32 heavy (non-hydrogen) atoms. The lowest BCUT2D eigenvalue weighted by atomic mass is 10.1. The Bertz CT molecular complexity index is 1460. The number of fused-ring (bicyclic) bond motifs is 1. The second-order valence-corrected chi connectivity index (χ2v) is 9.57. The fourth-order valence-electron chi connectivity index (χ4n) is 3.17. The van der Waals surface area contributed by atoms with E-state index < -0.39 is 15.6 Å². The van der Waals surface area contributed by atoms with E-state index in [1.54, 1.807) is 12.1 Å². The summed E-state index contributed by atoms with van der Waals surface area (Å²) in [5.41, 5.74) is 3.10. The second kappa shape index (κ2) is 8.45. The molecule has 2 aromatic heterocycles. The first-order valence-electron chi connectivity index (χ1n) is 9.43. The maximum Gasteiger partial charge on any atom is 0.247 e. The number of carbonyl (C=O) groups excluding carboxylic acids is 1. The van der Waals surface area contributed by atoms with Gasteiger partial charge in [0.15, 0.2) is 0 Å². The molecule has 0 spiro atoms. The maximum absolute atomic E-state index is 12.2. The Morgan fingerprint density at radius 1 is 1.25 bits per heavy atom. The number of H-pyrrole nitrogens is 1. The van der Waals surface area contributed by atoms with E-state index in [1.807, 2.05) is 30.5 Å². The van der Waals surface area contributed by atoms with Crippen molar-refractivity contribution >= 4 is 55.5 Å². The average molecular weight is 467 g/mol. The first-order chi connectivity index (χ1) is 15.3. The molecule has 0 bridgehead atoms. The van der Waals surface area contributed by atoms with E-state index in [9.17, 15) is 9.00 Å². The van der Waals surface area contributed by atoms with Crippen molar-refractivity contribution in [3.05, 3.63) is 72.5 Å². The van der Waals surface area contributed by atoms with Gasteiger partial charge in [0.05, 0.1) is 38.0 Å². The van der Waals surface area contributed by atoms with Crippen molar-refractivity contribution in [3.8, 4) is 11.3 Å². The van der Waals surface area contributed by atoms with Crippen LogP contribution in [0.4, 0.5) is 17.3 Å². The zero-order valence-corrected chi connectivity index (χ0v) is 18.6. The first kappa shape index (κ1) is 21.5. The summed E-state index contributed by atoms with van der Waals surface area (Å²) in [4.78, 5) is 24.2. The highest BCUT2D eigenvalue weighted by atomic mass is 35.5. The van der Waals surface area contributed by atoms with E-state index in [0.717, 1.165) is 22.5 Å². The molecule has 4 rings (SSSR count). The molecule has 1 unspecified atom stereocenters. The van der Waals surface area contributed by atoms with Gasteiger partial charge in [0, 0.05) is 33.8 Å². The van der Waals surface area contributed by atoms with Crippen molar-refractivity contribution in [2.24, 2.45) is 0 Å². The average Bonchev–Trinajstić information content (AvgIpc) is 3.19. The topological polar surface area (TPSA) is 124 Å². The van der Waals surface area contributed by atoms with Crippen LogP contribution in [0, 0.1) is 4.78 Å². The van der Waals surface area contributed by atoms with E-state index in [1.165, 1.54) is 18.5 Å². The number of aromatic nitrogens is 3. The van der Waals surface area contributed by atoms with Crippen LogP contribution < -0.4 is 10.6 Å². The summed E-state index contributed by atoms with van der Waals surface area (Å²) in [6.45, 7) is 3.45.